The van der Waals surface area contributed by atoms with Gasteiger partial charge in [0, 0.05) is 65.0 Å². The molecule has 528 valence electrons. The van der Waals surface area contributed by atoms with Crippen molar-refractivity contribution in [2.45, 2.75) is 85.5 Å². The predicted molar refractivity (Wildman–Crippen MR) is 323 cm³/mol. The Bertz CT molecular complexity index is 2070. The van der Waals surface area contributed by atoms with Gasteiger partial charge in [0.1, 0.15) is 16.8 Å². The van der Waals surface area contributed by atoms with Crippen molar-refractivity contribution in [3.05, 3.63) is 29.3 Å². The summed E-state index contributed by atoms with van der Waals surface area (Å²) in [7, 11) is 0. The molecule has 0 bridgehead atoms. The standard InChI is InChI=1S/C61H105F4N5O21/c1-59(2,3)89-53(73)46-68-14-12-67(13-15-69(47-54(74)90-60(4,5)6)17-19-70(18-16-68)48-55(75)91-61(7,8)9)45-51(71)66-11-21-77-23-25-79-27-29-81-31-33-83-35-37-85-39-41-87-43-42-86-40-38-84-36-34-82-32-30-80-28-26-78-24-22-76-20-10-52(72)88-58-56(64)49(62)44-50(63)57(58)65/h44H,10-43,45-48H2,1-9H3,(H,66,71). The average molecular weight is 1320 g/mol. The van der Waals surface area contributed by atoms with Gasteiger partial charge in [-0.25, -0.2) is 8.78 Å². The zero-order valence-corrected chi connectivity index (χ0v) is 55.3. The van der Waals surface area contributed by atoms with Crippen LogP contribution in [0.25, 0.3) is 0 Å². The molecule has 1 saturated heterocycles. The van der Waals surface area contributed by atoms with Crippen LogP contribution >= 0.6 is 0 Å². The maximum absolute atomic E-state index is 13.6. The molecule has 1 aromatic rings. The average Bonchev–Trinajstić information content (AvgIpc) is 1.38. The first kappa shape index (κ1) is 82.7. The van der Waals surface area contributed by atoms with E-state index in [4.69, 9.17) is 71.1 Å². The Morgan fingerprint density at radius 2 is 0.582 bits per heavy atom. The van der Waals surface area contributed by atoms with Gasteiger partial charge in [-0.3, -0.25) is 43.6 Å². The molecule has 0 aromatic heterocycles. The molecule has 0 aliphatic carbocycles. The van der Waals surface area contributed by atoms with Crippen LogP contribution in [0.3, 0.4) is 0 Å². The summed E-state index contributed by atoms with van der Waals surface area (Å²) in [5.41, 5.74) is -1.99. The highest BCUT2D eigenvalue weighted by atomic mass is 19.2. The maximum atomic E-state index is 13.6. The van der Waals surface area contributed by atoms with Crippen molar-refractivity contribution in [2.24, 2.45) is 0 Å². The fourth-order valence-corrected chi connectivity index (χ4v) is 7.88. The van der Waals surface area contributed by atoms with Gasteiger partial charge in [-0.2, -0.15) is 8.78 Å². The van der Waals surface area contributed by atoms with E-state index in [9.17, 15) is 41.5 Å². The van der Waals surface area contributed by atoms with E-state index in [0.717, 1.165) is 0 Å². The lowest BCUT2D eigenvalue weighted by Gasteiger charge is -2.34. The molecule has 1 heterocycles. The molecule has 0 radical (unpaired) electrons. The highest BCUT2D eigenvalue weighted by molar-refractivity contribution is 5.78. The zero-order chi connectivity index (χ0) is 67.2. The number of ether oxygens (including phenoxy) is 16. The summed E-state index contributed by atoms with van der Waals surface area (Å²) in [5.74, 6) is -10.9. The normalized spacial score (nSPS) is 14.6. The molecule has 0 unspecified atom stereocenters. The molecule has 1 aliphatic heterocycles. The number of nitrogens with one attached hydrogen (secondary N) is 1. The van der Waals surface area contributed by atoms with Crippen molar-refractivity contribution in [3.63, 3.8) is 0 Å². The molecule has 91 heavy (non-hydrogen) atoms. The third-order valence-corrected chi connectivity index (χ3v) is 12.0. The minimum atomic E-state index is -1.80. The number of amides is 1. The quantitative estimate of drug-likeness (QED) is 0.0246. The smallest absolute Gasteiger partial charge is 0.320 e. The summed E-state index contributed by atoms with van der Waals surface area (Å²) in [6.07, 6.45) is -0.408. The molecule has 0 atom stereocenters. The number of carbonyl (C=O) groups is 5. The highest BCUT2D eigenvalue weighted by Gasteiger charge is 2.27. The second kappa shape index (κ2) is 49.2. The SMILES string of the molecule is CC(C)(C)OC(=O)CN1CCN(CC(=O)NCCOCCOCCOCCOCCOCCOCCOCCOCCOCCOCCOCCOCCC(=O)Oc2c(F)c(F)cc(F)c2F)CCN(CC(=O)OC(C)(C)C)CCN(CC(=O)OC(C)(C)C)CC1. The van der Waals surface area contributed by atoms with Crippen LogP contribution in [0, 0.1) is 23.3 Å². The Kier molecular flexibility index (Phi) is 44.8. The number of benzene rings is 1. The molecule has 1 amide bonds. The first-order chi connectivity index (χ1) is 43.3. The number of halogens is 4. The second-order valence-electron chi connectivity index (χ2n) is 23.6. The number of rotatable bonds is 48. The van der Waals surface area contributed by atoms with Crippen LogP contribution in [-0.2, 0) is 95.0 Å². The van der Waals surface area contributed by atoms with Gasteiger partial charge in [0.2, 0.25) is 23.3 Å². The van der Waals surface area contributed by atoms with Crippen LogP contribution in [0.2, 0.25) is 0 Å². The molecule has 0 spiro atoms. The van der Waals surface area contributed by atoms with Crippen molar-refractivity contribution in [2.75, 3.05) is 244 Å². The van der Waals surface area contributed by atoms with Gasteiger partial charge in [-0.1, -0.05) is 0 Å². The molecule has 2 rings (SSSR count). The van der Waals surface area contributed by atoms with E-state index < -0.39 is 58.2 Å². The Morgan fingerprint density at radius 1 is 0.352 bits per heavy atom. The lowest BCUT2D eigenvalue weighted by Crippen LogP contribution is -2.50. The first-order valence-electron chi connectivity index (χ1n) is 31.1. The lowest BCUT2D eigenvalue weighted by molar-refractivity contribution is -0.158. The van der Waals surface area contributed by atoms with E-state index in [-0.39, 0.29) is 89.1 Å². The van der Waals surface area contributed by atoms with E-state index in [0.29, 0.717) is 184 Å². The summed E-state index contributed by atoms with van der Waals surface area (Å²) >= 11 is 0. The maximum Gasteiger partial charge on any atom is 0.320 e. The third-order valence-electron chi connectivity index (χ3n) is 12.0. The minimum absolute atomic E-state index is 0.0131. The molecule has 26 nitrogen and oxygen atoms in total. The Hall–Kier alpha value is -4.35. The number of carbonyl (C=O) groups excluding carboxylic acids is 5. The van der Waals surface area contributed by atoms with E-state index in [2.05, 4.69) is 10.1 Å². The van der Waals surface area contributed by atoms with Crippen LogP contribution in [0.4, 0.5) is 17.6 Å². The summed E-state index contributed by atoms with van der Waals surface area (Å²) in [6.45, 7) is 28.5. The molecule has 1 aromatic carbocycles. The molecule has 1 N–H and O–H groups in total. The van der Waals surface area contributed by atoms with Crippen LogP contribution in [-0.4, -0.2) is 310 Å². The molecule has 0 saturated carbocycles. The van der Waals surface area contributed by atoms with Gasteiger partial charge in [-0.15, -0.1) is 0 Å². The minimum Gasteiger partial charge on any atom is -0.459 e. The third kappa shape index (κ3) is 47.2. The molecule has 1 aliphatic rings. The second-order valence-corrected chi connectivity index (χ2v) is 23.6. The van der Waals surface area contributed by atoms with Gasteiger partial charge in [0.25, 0.3) is 0 Å². The van der Waals surface area contributed by atoms with E-state index in [1.807, 2.05) is 81.9 Å². The van der Waals surface area contributed by atoms with Crippen molar-refractivity contribution in [1.82, 2.24) is 24.9 Å². The van der Waals surface area contributed by atoms with Gasteiger partial charge in [0.15, 0.2) is 11.6 Å². The number of esters is 4. The van der Waals surface area contributed by atoms with Gasteiger partial charge >= 0.3 is 23.9 Å². The summed E-state index contributed by atoms with van der Waals surface area (Å²) in [4.78, 5) is 71.9. The van der Waals surface area contributed by atoms with Crippen LogP contribution < -0.4 is 10.1 Å². The number of nitrogens with zero attached hydrogens (tertiary/aromatic N) is 4. The van der Waals surface area contributed by atoms with Gasteiger partial charge in [0.05, 0.1) is 191 Å². The fourth-order valence-electron chi connectivity index (χ4n) is 7.88. The van der Waals surface area contributed by atoms with Crippen molar-refractivity contribution >= 4 is 29.8 Å². The molecule has 1 fully saturated rings. The van der Waals surface area contributed by atoms with Crippen LogP contribution in [0.1, 0.15) is 68.7 Å². The molecular formula is C61H105F4N5O21. The zero-order valence-electron chi connectivity index (χ0n) is 55.3. The monoisotopic (exact) mass is 1320 g/mol. The lowest BCUT2D eigenvalue weighted by atomic mass is 10.2. The van der Waals surface area contributed by atoms with E-state index in [1.54, 1.807) is 0 Å². The topological polar surface area (TPSA) is 258 Å². The van der Waals surface area contributed by atoms with E-state index >= 15 is 0 Å². The van der Waals surface area contributed by atoms with Crippen molar-refractivity contribution in [1.29, 1.82) is 0 Å². The Labute approximate surface area is 534 Å². The summed E-state index contributed by atoms with van der Waals surface area (Å²) < 4.78 is 141. The highest BCUT2D eigenvalue weighted by Crippen LogP contribution is 2.27. The van der Waals surface area contributed by atoms with Gasteiger partial charge < -0.3 is 81.1 Å². The van der Waals surface area contributed by atoms with Crippen molar-refractivity contribution in [3.8, 4) is 5.75 Å². The Balaban J connectivity index is 1.43. The van der Waals surface area contributed by atoms with E-state index in [1.165, 1.54) is 0 Å². The van der Waals surface area contributed by atoms with Crippen LogP contribution in [0.15, 0.2) is 6.07 Å². The Morgan fingerprint density at radius 3 is 0.835 bits per heavy atom. The van der Waals surface area contributed by atoms with Crippen molar-refractivity contribution < 1.29 is 117 Å². The molecular weight excluding hydrogens is 1210 g/mol. The summed E-state index contributed by atoms with van der Waals surface area (Å²) in [6, 6.07) is 0.0131. The summed E-state index contributed by atoms with van der Waals surface area (Å²) in [5, 5.41) is 2.93. The first-order valence-corrected chi connectivity index (χ1v) is 31.1. The number of hydrogen-bond acceptors (Lipinski definition) is 25. The van der Waals surface area contributed by atoms with Crippen LogP contribution in [0.5, 0.6) is 5.75 Å². The largest absolute Gasteiger partial charge is 0.459 e. The van der Waals surface area contributed by atoms with Gasteiger partial charge in [-0.05, 0) is 62.3 Å². The molecule has 30 heteroatoms. The fraction of sp³-hybridized carbons (Fsp3) is 0.820. The predicted octanol–water partition coefficient (Wildman–Crippen LogP) is 3.10. The number of hydrogen-bond donors (Lipinski definition) is 1.